The van der Waals surface area contributed by atoms with Gasteiger partial charge in [0, 0.05) is 24.7 Å². The molecule has 0 amide bonds. The number of non-ortho nitro benzene ring substituents is 1. The van der Waals surface area contributed by atoms with Gasteiger partial charge in [0.1, 0.15) is 0 Å². The summed E-state index contributed by atoms with van der Waals surface area (Å²) in [6.07, 6.45) is 1.91. The van der Waals surface area contributed by atoms with Crippen LogP contribution in [-0.4, -0.2) is 43.9 Å². The molecule has 0 aromatic heterocycles. The number of nitrogens with one attached hydrogen (secondary N) is 1. The Labute approximate surface area is 143 Å². The summed E-state index contributed by atoms with van der Waals surface area (Å²) in [6, 6.07) is 4.42. The van der Waals surface area contributed by atoms with Gasteiger partial charge in [0.15, 0.2) is 0 Å². The van der Waals surface area contributed by atoms with Gasteiger partial charge in [-0.1, -0.05) is 6.07 Å². The van der Waals surface area contributed by atoms with E-state index >= 15 is 0 Å². The SMILES string of the molecule is Cc1ccc([N+](=O)[O-])cc1S(=O)(=O)NCC1CCN(C(C)C)CC1. The van der Waals surface area contributed by atoms with Crippen LogP contribution in [0.1, 0.15) is 32.3 Å². The second kappa shape index (κ2) is 7.58. The molecular formula is C16H25N3O4S. The monoisotopic (exact) mass is 355 g/mol. The number of sulfonamides is 1. The molecule has 1 heterocycles. The van der Waals surface area contributed by atoms with E-state index in [0.717, 1.165) is 32.0 Å². The van der Waals surface area contributed by atoms with Gasteiger partial charge < -0.3 is 4.90 Å². The van der Waals surface area contributed by atoms with Crippen LogP contribution in [0.15, 0.2) is 23.1 Å². The Hall–Kier alpha value is -1.51. The van der Waals surface area contributed by atoms with E-state index in [9.17, 15) is 18.5 Å². The molecule has 0 bridgehead atoms. The van der Waals surface area contributed by atoms with E-state index in [1.165, 1.54) is 12.1 Å². The fourth-order valence-corrected chi connectivity index (χ4v) is 4.35. The molecule has 7 nitrogen and oxygen atoms in total. The minimum atomic E-state index is -3.74. The zero-order valence-electron chi connectivity index (χ0n) is 14.4. The van der Waals surface area contributed by atoms with Gasteiger partial charge >= 0.3 is 0 Å². The van der Waals surface area contributed by atoms with Crippen LogP contribution in [0.3, 0.4) is 0 Å². The minimum Gasteiger partial charge on any atom is -0.301 e. The van der Waals surface area contributed by atoms with Gasteiger partial charge in [-0.3, -0.25) is 10.1 Å². The van der Waals surface area contributed by atoms with E-state index in [1.54, 1.807) is 6.92 Å². The molecule has 1 aliphatic rings. The van der Waals surface area contributed by atoms with Crippen molar-refractivity contribution < 1.29 is 13.3 Å². The molecule has 0 unspecified atom stereocenters. The van der Waals surface area contributed by atoms with E-state index in [0.29, 0.717) is 24.1 Å². The zero-order chi connectivity index (χ0) is 17.9. The van der Waals surface area contributed by atoms with Crippen LogP contribution >= 0.6 is 0 Å². The van der Waals surface area contributed by atoms with Gasteiger partial charge in [-0.25, -0.2) is 13.1 Å². The highest BCUT2D eigenvalue weighted by Gasteiger charge is 2.24. The first-order valence-corrected chi connectivity index (χ1v) is 9.68. The average Bonchev–Trinajstić information content (AvgIpc) is 2.53. The lowest BCUT2D eigenvalue weighted by Gasteiger charge is -2.34. The predicted octanol–water partition coefficient (Wildman–Crippen LogP) is 2.30. The Balaban J connectivity index is 2.02. The summed E-state index contributed by atoms with van der Waals surface area (Å²) in [7, 11) is -3.74. The number of hydrogen-bond donors (Lipinski definition) is 1. The number of nitro benzene ring substituents is 1. The largest absolute Gasteiger partial charge is 0.301 e. The molecule has 2 rings (SSSR count). The van der Waals surface area contributed by atoms with Crippen molar-refractivity contribution in [3.8, 4) is 0 Å². The van der Waals surface area contributed by atoms with Crippen LogP contribution in [0.4, 0.5) is 5.69 Å². The lowest BCUT2D eigenvalue weighted by Crippen LogP contribution is -2.41. The summed E-state index contributed by atoms with van der Waals surface area (Å²) in [5, 5.41) is 10.9. The molecule has 24 heavy (non-hydrogen) atoms. The Morgan fingerprint density at radius 2 is 1.96 bits per heavy atom. The number of piperidine rings is 1. The van der Waals surface area contributed by atoms with Crippen LogP contribution in [0.5, 0.6) is 0 Å². The number of nitro groups is 1. The van der Waals surface area contributed by atoms with Crippen molar-refractivity contribution >= 4 is 15.7 Å². The summed E-state index contributed by atoms with van der Waals surface area (Å²) >= 11 is 0. The number of likely N-dealkylation sites (tertiary alicyclic amines) is 1. The highest BCUT2D eigenvalue weighted by Crippen LogP contribution is 2.23. The van der Waals surface area contributed by atoms with E-state index in [1.807, 2.05) is 0 Å². The number of rotatable bonds is 6. The highest BCUT2D eigenvalue weighted by atomic mass is 32.2. The molecule has 0 aliphatic carbocycles. The standard InChI is InChI=1S/C16H25N3O4S/c1-12(2)18-8-6-14(7-9-18)11-17-24(22,23)16-10-15(19(20)21)5-4-13(16)3/h4-5,10,12,14,17H,6-9,11H2,1-3H3. The second-order valence-corrected chi connectivity index (χ2v) is 8.37. The molecule has 1 N–H and O–H groups in total. The lowest BCUT2D eigenvalue weighted by atomic mass is 9.96. The molecule has 1 fully saturated rings. The van der Waals surface area contributed by atoms with Crippen molar-refractivity contribution in [3.05, 3.63) is 33.9 Å². The Morgan fingerprint density at radius 3 is 2.50 bits per heavy atom. The minimum absolute atomic E-state index is 0.0173. The van der Waals surface area contributed by atoms with E-state index in [-0.39, 0.29) is 10.6 Å². The van der Waals surface area contributed by atoms with Gasteiger partial charge in [-0.15, -0.1) is 0 Å². The van der Waals surface area contributed by atoms with Gasteiger partial charge in [0.2, 0.25) is 10.0 Å². The normalized spacial score (nSPS) is 17.3. The van der Waals surface area contributed by atoms with Crippen molar-refractivity contribution in [2.75, 3.05) is 19.6 Å². The number of nitrogens with zero attached hydrogens (tertiary/aromatic N) is 2. The summed E-state index contributed by atoms with van der Waals surface area (Å²) in [4.78, 5) is 12.7. The molecule has 0 spiro atoms. The molecule has 0 atom stereocenters. The molecule has 134 valence electrons. The van der Waals surface area contributed by atoms with Crippen molar-refractivity contribution in [1.82, 2.24) is 9.62 Å². The molecule has 1 aliphatic heterocycles. The zero-order valence-corrected chi connectivity index (χ0v) is 15.2. The summed E-state index contributed by atoms with van der Waals surface area (Å²) in [5.74, 6) is 0.300. The van der Waals surface area contributed by atoms with Crippen molar-refractivity contribution in [2.45, 2.75) is 44.6 Å². The number of hydrogen-bond acceptors (Lipinski definition) is 5. The van der Waals surface area contributed by atoms with Gasteiger partial charge in [-0.2, -0.15) is 0 Å². The quantitative estimate of drug-likeness (QED) is 0.624. The van der Waals surface area contributed by atoms with Crippen LogP contribution in [-0.2, 0) is 10.0 Å². The molecular weight excluding hydrogens is 330 g/mol. The summed E-state index contributed by atoms with van der Waals surface area (Å²) < 4.78 is 27.6. The molecule has 1 saturated heterocycles. The Kier molecular flexibility index (Phi) is 5.95. The van der Waals surface area contributed by atoms with Crippen molar-refractivity contribution in [1.29, 1.82) is 0 Å². The topological polar surface area (TPSA) is 92.5 Å². The van der Waals surface area contributed by atoms with Gasteiger partial charge in [0.05, 0.1) is 9.82 Å². The third kappa shape index (κ3) is 4.52. The lowest BCUT2D eigenvalue weighted by molar-refractivity contribution is -0.385. The first kappa shape index (κ1) is 18.8. The maximum Gasteiger partial charge on any atom is 0.270 e. The fraction of sp³-hybridized carbons (Fsp3) is 0.625. The van der Waals surface area contributed by atoms with E-state index < -0.39 is 14.9 Å². The average molecular weight is 355 g/mol. The maximum absolute atomic E-state index is 12.5. The van der Waals surface area contributed by atoms with Crippen LogP contribution in [0.2, 0.25) is 0 Å². The number of benzene rings is 1. The van der Waals surface area contributed by atoms with Crippen LogP contribution < -0.4 is 4.72 Å². The van der Waals surface area contributed by atoms with Crippen LogP contribution in [0.25, 0.3) is 0 Å². The molecule has 1 aromatic rings. The maximum atomic E-state index is 12.5. The van der Waals surface area contributed by atoms with Crippen LogP contribution in [0, 0.1) is 23.0 Å². The molecule has 1 aromatic carbocycles. The van der Waals surface area contributed by atoms with Crippen molar-refractivity contribution in [2.24, 2.45) is 5.92 Å². The molecule has 8 heteroatoms. The summed E-state index contributed by atoms with van der Waals surface area (Å²) in [6.45, 7) is 8.28. The third-order valence-corrected chi connectivity index (χ3v) is 6.18. The van der Waals surface area contributed by atoms with E-state index in [2.05, 4.69) is 23.5 Å². The van der Waals surface area contributed by atoms with Gasteiger partial charge in [0.25, 0.3) is 5.69 Å². The predicted molar refractivity (Wildman–Crippen MR) is 92.5 cm³/mol. The Morgan fingerprint density at radius 1 is 1.33 bits per heavy atom. The highest BCUT2D eigenvalue weighted by molar-refractivity contribution is 7.89. The van der Waals surface area contributed by atoms with E-state index in [4.69, 9.17) is 0 Å². The second-order valence-electron chi connectivity index (χ2n) is 6.63. The smallest absolute Gasteiger partial charge is 0.270 e. The fourth-order valence-electron chi connectivity index (χ4n) is 2.97. The first-order valence-electron chi connectivity index (χ1n) is 8.19. The van der Waals surface area contributed by atoms with Gasteiger partial charge in [-0.05, 0) is 58.2 Å². The molecule has 0 radical (unpaired) electrons. The van der Waals surface area contributed by atoms with Crippen molar-refractivity contribution in [3.63, 3.8) is 0 Å². The summed E-state index contributed by atoms with van der Waals surface area (Å²) in [5.41, 5.74) is 0.286. The Bertz CT molecular complexity index is 695. The first-order chi connectivity index (χ1) is 11.2. The number of aryl methyl sites for hydroxylation is 1. The third-order valence-electron chi connectivity index (χ3n) is 4.61. The molecule has 0 saturated carbocycles.